The van der Waals surface area contributed by atoms with Crippen LogP contribution in [0.4, 0.5) is 4.39 Å². The first-order valence-corrected chi connectivity index (χ1v) is 8.18. The second-order valence-corrected chi connectivity index (χ2v) is 6.75. The summed E-state index contributed by atoms with van der Waals surface area (Å²) < 4.78 is 14.1. The Bertz CT molecular complexity index is 449. The number of piperidine rings is 1. The van der Waals surface area contributed by atoms with Crippen LogP contribution in [0.15, 0.2) is 24.3 Å². The topological polar surface area (TPSA) is 15.3 Å². The zero-order chi connectivity index (χ0) is 15.4. The maximum atomic E-state index is 14.1. The summed E-state index contributed by atoms with van der Waals surface area (Å²) in [6, 6.07) is 7.83. The molecule has 1 heterocycles. The molecular weight excluding hydrogens is 263 g/mol. The van der Waals surface area contributed by atoms with E-state index in [1.165, 1.54) is 19.4 Å². The predicted octanol–water partition coefficient (Wildman–Crippen LogP) is 3.84. The number of nitrogens with zero attached hydrogens (tertiary/aromatic N) is 1. The highest BCUT2D eigenvalue weighted by Crippen LogP contribution is 2.28. The van der Waals surface area contributed by atoms with E-state index in [1.807, 2.05) is 19.2 Å². The van der Waals surface area contributed by atoms with E-state index < -0.39 is 0 Å². The molecule has 0 spiro atoms. The van der Waals surface area contributed by atoms with Crippen molar-refractivity contribution in [2.75, 3.05) is 20.1 Å². The van der Waals surface area contributed by atoms with Crippen molar-refractivity contribution in [3.8, 4) is 0 Å². The number of halogens is 1. The van der Waals surface area contributed by atoms with Crippen LogP contribution in [0, 0.1) is 17.7 Å². The Morgan fingerprint density at radius 2 is 2.00 bits per heavy atom. The van der Waals surface area contributed by atoms with Crippen molar-refractivity contribution >= 4 is 0 Å². The van der Waals surface area contributed by atoms with Crippen molar-refractivity contribution in [1.29, 1.82) is 0 Å². The highest BCUT2D eigenvalue weighted by atomic mass is 19.1. The van der Waals surface area contributed by atoms with Crippen molar-refractivity contribution in [3.05, 3.63) is 35.6 Å². The molecular formula is C18H29FN2. The van der Waals surface area contributed by atoms with Crippen molar-refractivity contribution in [3.63, 3.8) is 0 Å². The molecule has 0 bridgehead atoms. The molecule has 2 nitrogen and oxygen atoms in total. The van der Waals surface area contributed by atoms with E-state index in [-0.39, 0.29) is 11.9 Å². The first-order valence-electron chi connectivity index (χ1n) is 8.18. The number of nitrogens with one attached hydrogen (secondary N) is 1. The summed E-state index contributed by atoms with van der Waals surface area (Å²) in [5.41, 5.74) is 0.783. The zero-order valence-corrected chi connectivity index (χ0v) is 13.8. The highest BCUT2D eigenvalue weighted by Gasteiger charge is 2.27. The summed E-state index contributed by atoms with van der Waals surface area (Å²) in [6.07, 6.45) is 2.60. The maximum Gasteiger partial charge on any atom is 0.127 e. The van der Waals surface area contributed by atoms with Crippen molar-refractivity contribution < 1.29 is 4.39 Å². The van der Waals surface area contributed by atoms with E-state index in [9.17, 15) is 4.39 Å². The van der Waals surface area contributed by atoms with E-state index in [4.69, 9.17) is 0 Å². The molecule has 118 valence electrons. The van der Waals surface area contributed by atoms with Crippen molar-refractivity contribution in [2.45, 2.75) is 45.7 Å². The quantitative estimate of drug-likeness (QED) is 0.887. The summed E-state index contributed by atoms with van der Waals surface area (Å²) in [5, 5.41) is 3.31. The van der Waals surface area contributed by atoms with Crippen LogP contribution in [0.1, 0.15) is 45.2 Å². The minimum absolute atomic E-state index is 0.0654. The Labute approximate surface area is 128 Å². The van der Waals surface area contributed by atoms with Crippen molar-refractivity contribution in [2.24, 2.45) is 11.8 Å². The maximum absolute atomic E-state index is 14.1. The third-order valence-electron chi connectivity index (χ3n) is 4.89. The van der Waals surface area contributed by atoms with Gasteiger partial charge in [0.25, 0.3) is 0 Å². The average Bonchev–Trinajstić information content (AvgIpc) is 2.46. The molecule has 4 unspecified atom stereocenters. The minimum Gasteiger partial charge on any atom is -0.313 e. The van der Waals surface area contributed by atoms with Crippen LogP contribution in [0.5, 0.6) is 0 Å². The van der Waals surface area contributed by atoms with Crippen LogP contribution in [0.25, 0.3) is 0 Å². The van der Waals surface area contributed by atoms with Gasteiger partial charge in [0, 0.05) is 30.7 Å². The lowest BCUT2D eigenvalue weighted by Gasteiger charge is -2.39. The largest absolute Gasteiger partial charge is 0.313 e. The first kappa shape index (κ1) is 16.4. The molecule has 3 heteroatoms. The fraction of sp³-hybridized carbons (Fsp3) is 0.667. The van der Waals surface area contributed by atoms with Crippen LogP contribution < -0.4 is 5.32 Å². The van der Waals surface area contributed by atoms with E-state index >= 15 is 0 Å². The summed E-state index contributed by atoms with van der Waals surface area (Å²) in [6.45, 7) is 9.05. The van der Waals surface area contributed by atoms with Gasteiger partial charge in [0.2, 0.25) is 0 Å². The molecule has 0 radical (unpaired) electrons. The number of benzene rings is 1. The van der Waals surface area contributed by atoms with Gasteiger partial charge in [-0.2, -0.15) is 0 Å². The molecule has 1 aromatic carbocycles. The molecule has 21 heavy (non-hydrogen) atoms. The lowest BCUT2D eigenvalue weighted by molar-refractivity contribution is 0.0995. The lowest BCUT2D eigenvalue weighted by Crippen LogP contribution is -2.45. The fourth-order valence-corrected chi connectivity index (χ4v) is 3.58. The molecule has 1 aliphatic heterocycles. The van der Waals surface area contributed by atoms with Gasteiger partial charge in [-0.25, -0.2) is 4.39 Å². The van der Waals surface area contributed by atoms with Crippen LogP contribution >= 0.6 is 0 Å². The molecule has 1 fully saturated rings. The van der Waals surface area contributed by atoms with Gasteiger partial charge in [0.05, 0.1) is 0 Å². The fourth-order valence-electron chi connectivity index (χ4n) is 3.58. The smallest absolute Gasteiger partial charge is 0.127 e. The highest BCUT2D eigenvalue weighted by molar-refractivity contribution is 5.21. The molecule has 0 amide bonds. The van der Waals surface area contributed by atoms with E-state index in [0.717, 1.165) is 18.0 Å². The Balaban J connectivity index is 2.06. The van der Waals surface area contributed by atoms with E-state index in [2.05, 4.69) is 31.0 Å². The van der Waals surface area contributed by atoms with Crippen LogP contribution in [-0.2, 0) is 0 Å². The third kappa shape index (κ3) is 4.04. The van der Waals surface area contributed by atoms with Crippen LogP contribution in [-0.4, -0.2) is 31.1 Å². The monoisotopic (exact) mass is 292 g/mol. The van der Waals surface area contributed by atoms with Gasteiger partial charge in [0.1, 0.15) is 5.82 Å². The van der Waals surface area contributed by atoms with Gasteiger partial charge >= 0.3 is 0 Å². The van der Waals surface area contributed by atoms with Crippen LogP contribution in [0.2, 0.25) is 0 Å². The molecule has 0 aromatic heterocycles. The van der Waals surface area contributed by atoms with Gasteiger partial charge in [-0.1, -0.05) is 32.0 Å². The van der Waals surface area contributed by atoms with E-state index in [1.54, 1.807) is 12.1 Å². The number of hydrogen-bond donors (Lipinski definition) is 1. The molecule has 0 saturated carbocycles. The molecule has 1 N–H and O–H groups in total. The second kappa shape index (κ2) is 7.37. The minimum atomic E-state index is -0.108. The summed E-state index contributed by atoms with van der Waals surface area (Å²) >= 11 is 0. The third-order valence-corrected chi connectivity index (χ3v) is 4.89. The molecule has 1 aromatic rings. The molecule has 1 aliphatic rings. The normalized spacial score (nSPS) is 26.5. The van der Waals surface area contributed by atoms with Crippen molar-refractivity contribution in [1.82, 2.24) is 10.2 Å². The first-order chi connectivity index (χ1) is 10.0. The van der Waals surface area contributed by atoms with Crippen LogP contribution in [0.3, 0.4) is 0 Å². The van der Waals surface area contributed by atoms with E-state index in [0.29, 0.717) is 12.0 Å². The Morgan fingerprint density at radius 1 is 1.29 bits per heavy atom. The Hall–Kier alpha value is -0.930. The second-order valence-electron chi connectivity index (χ2n) is 6.75. The lowest BCUT2D eigenvalue weighted by atomic mass is 9.90. The molecule has 1 saturated heterocycles. The average molecular weight is 292 g/mol. The van der Waals surface area contributed by atoms with Gasteiger partial charge in [-0.05, 0) is 44.7 Å². The van der Waals surface area contributed by atoms with Gasteiger partial charge in [0.15, 0.2) is 0 Å². The summed E-state index contributed by atoms with van der Waals surface area (Å²) in [4.78, 5) is 2.57. The number of hydrogen-bond acceptors (Lipinski definition) is 2. The Kier molecular flexibility index (Phi) is 5.77. The van der Waals surface area contributed by atoms with Gasteiger partial charge in [-0.15, -0.1) is 0 Å². The standard InChI is InChI=1S/C18H29FN2/c1-13-9-10-15(3)21(11-13)12-14(2)18(20-4)16-7-5-6-8-17(16)19/h5-8,13-15,18,20H,9-12H2,1-4H3. The SMILES string of the molecule is CNC(c1ccccc1F)C(C)CN1CC(C)CCC1C. The summed E-state index contributed by atoms with van der Waals surface area (Å²) in [5.74, 6) is 1.04. The molecule has 0 aliphatic carbocycles. The summed E-state index contributed by atoms with van der Waals surface area (Å²) in [7, 11) is 1.93. The zero-order valence-electron chi connectivity index (χ0n) is 13.8. The Morgan fingerprint density at radius 3 is 2.67 bits per heavy atom. The predicted molar refractivity (Wildman–Crippen MR) is 86.8 cm³/mol. The molecule has 4 atom stereocenters. The number of likely N-dealkylation sites (tertiary alicyclic amines) is 1. The van der Waals surface area contributed by atoms with Gasteiger partial charge < -0.3 is 10.2 Å². The number of rotatable bonds is 5. The van der Waals surface area contributed by atoms with Gasteiger partial charge in [-0.3, -0.25) is 0 Å². The molecule has 2 rings (SSSR count).